The van der Waals surface area contributed by atoms with Crippen molar-refractivity contribution >= 4 is 26.1 Å². The number of fused-ring (bicyclic) bond motifs is 3. The zero-order valence-corrected chi connectivity index (χ0v) is 20.3. The van der Waals surface area contributed by atoms with Crippen molar-refractivity contribution in [2.75, 3.05) is 19.7 Å². The van der Waals surface area contributed by atoms with Gasteiger partial charge in [-0.05, 0) is 67.7 Å². The van der Waals surface area contributed by atoms with Crippen LogP contribution in [0.3, 0.4) is 0 Å². The molecule has 0 aromatic heterocycles. The van der Waals surface area contributed by atoms with E-state index < -0.39 is 0 Å². The fourth-order valence-electron chi connectivity index (χ4n) is 4.98. The van der Waals surface area contributed by atoms with Crippen molar-refractivity contribution in [2.24, 2.45) is 4.99 Å². The molecule has 3 aliphatic heterocycles. The topological polar surface area (TPSA) is 24.8 Å². The Balaban J connectivity index is 0.000000196. The number of rotatable bonds is 6. The SMILES string of the molecule is C=C(CCC)N1CCCC1.C=Cc1cc2c(cc1C1=C3COC(P3)C(CC)=N1)CCC2. The van der Waals surface area contributed by atoms with E-state index in [0.717, 1.165) is 21.6 Å². The summed E-state index contributed by atoms with van der Waals surface area (Å²) in [5.74, 6) is 0.260. The van der Waals surface area contributed by atoms with Crippen LogP contribution in [-0.4, -0.2) is 36.2 Å². The Kier molecular flexibility index (Phi) is 7.46. The molecule has 166 valence electrons. The largest absolute Gasteiger partial charge is 0.375 e. The second kappa shape index (κ2) is 10.3. The predicted molar refractivity (Wildman–Crippen MR) is 136 cm³/mol. The van der Waals surface area contributed by atoms with Gasteiger partial charge in [-0.15, -0.1) is 0 Å². The van der Waals surface area contributed by atoms with Crippen LogP contribution < -0.4 is 0 Å². The standard InChI is InChI=1S/C18H20NOP.C9H17N/c1-3-11-8-12-6-5-7-13(12)9-14(11)17-16-10-20-18(21-16)15(4-2)19-17;1-3-6-9(2)10-7-4-5-8-10/h3,8-9,18,21H,1,4-7,10H2,2H3;2-8H2,1H3. The van der Waals surface area contributed by atoms with E-state index >= 15 is 0 Å². The average Bonchev–Trinajstić information content (AvgIpc) is 3.55. The lowest BCUT2D eigenvalue weighted by Gasteiger charge is -2.19. The third-order valence-electron chi connectivity index (χ3n) is 6.74. The van der Waals surface area contributed by atoms with Crippen LogP contribution in [-0.2, 0) is 17.6 Å². The van der Waals surface area contributed by atoms with E-state index in [-0.39, 0.29) is 5.85 Å². The molecule has 0 N–H and O–H groups in total. The van der Waals surface area contributed by atoms with Crippen molar-refractivity contribution in [3.05, 3.63) is 58.6 Å². The molecule has 1 aliphatic carbocycles. The van der Waals surface area contributed by atoms with E-state index in [1.54, 1.807) is 0 Å². The molecule has 0 amide bonds. The van der Waals surface area contributed by atoms with Crippen molar-refractivity contribution in [1.82, 2.24) is 4.90 Å². The van der Waals surface area contributed by atoms with Gasteiger partial charge in [0.25, 0.3) is 0 Å². The highest BCUT2D eigenvalue weighted by Gasteiger charge is 2.32. The minimum atomic E-state index is 0.260. The van der Waals surface area contributed by atoms with Gasteiger partial charge in [0.05, 0.1) is 18.0 Å². The third-order valence-corrected chi connectivity index (χ3v) is 8.23. The lowest BCUT2D eigenvalue weighted by atomic mass is 9.97. The molecule has 5 rings (SSSR count). The van der Waals surface area contributed by atoms with Gasteiger partial charge in [0, 0.05) is 29.7 Å². The maximum Gasteiger partial charge on any atom is 0.116 e. The highest BCUT2D eigenvalue weighted by atomic mass is 31.1. The maximum absolute atomic E-state index is 5.90. The summed E-state index contributed by atoms with van der Waals surface area (Å²) in [4.78, 5) is 7.38. The Morgan fingerprint density at radius 1 is 1.19 bits per heavy atom. The minimum absolute atomic E-state index is 0.260. The molecule has 4 aliphatic rings. The van der Waals surface area contributed by atoms with Crippen LogP contribution >= 0.6 is 8.58 Å². The summed E-state index contributed by atoms with van der Waals surface area (Å²) in [5, 5.41) is 1.39. The van der Waals surface area contributed by atoms with Gasteiger partial charge in [-0.25, -0.2) is 0 Å². The first-order chi connectivity index (χ1) is 15.1. The molecule has 2 bridgehead atoms. The first-order valence-corrected chi connectivity index (χ1v) is 13.1. The van der Waals surface area contributed by atoms with E-state index in [1.165, 1.54) is 103 Å². The second-order valence-corrected chi connectivity index (χ2v) is 10.3. The van der Waals surface area contributed by atoms with Crippen molar-refractivity contribution < 1.29 is 4.74 Å². The molecule has 3 heterocycles. The molecule has 3 nitrogen and oxygen atoms in total. The fourth-order valence-corrected chi connectivity index (χ4v) is 6.39. The summed E-state index contributed by atoms with van der Waals surface area (Å²) < 4.78 is 5.90. The van der Waals surface area contributed by atoms with Crippen LogP contribution in [0.2, 0.25) is 0 Å². The van der Waals surface area contributed by atoms with E-state index in [9.17, 15) is 0 Å². The van der Waals surface area contributed by atoms with Crippen LogP contribution in [0.15, 0.2) is 41.3 Å². The number of aliphatic imine (C=N–C) groups is 1. The average molecular weight is 437 g/mol. The van der Waals surface area contributed by atoms with Crippen molar-refractivity contribution in [3.63, 3.8) is 0 Å². The summed E-state index contributed by atoms with van der Waals surface area (Å²) >= 11 is 0. The Bertz CT molecular complexity index is 908. The molecule has 4 heteroatoms. The van der Waals surface area contributed by atoms with Crippen molar-refractivity contribution in [2.45, 2.75) is 71.1 Å². The summed E-state index contributed by atoms with van der Waals surface area (Å²) in [7, 11) is 0.754. The minimum Gasteiger partial charge on any atom is -0.375 e. The number of aryl methyl sites for hydroxylation is 2. The Morgan fingerprint density at radius 2 is 1.94 bits per heavy atom. The van der Waals surface area contributed by atoms with Gasteiger partial charge < -0.3 is 9.64 Å². The van der Waals surface area contributed by atoms with Gasteiger partial charge in [0.2, 0.25) is 0 Å². The van der Waals surface area contributed by atoms with Gasteiger partial charge in [-0.3, -0.25) is 4.99 Å². The number of benzene rings is 1. The molecule has 2 saturated heterocycles. The summed E-state index contributed by atoms with van der Waals surface area (Å²) in [6.45, 7) is 15.7. The Hall–Kier alpha value is -1.70. The Morgan fingerprint density at radius 3 is 2.61 bits per heavy atom. The molecule has 0 spiro atoms. The Labute approximate surface area is 190 Å². The van der Waals surface area contributed by atoms with Crippen LogP contribution in [0.1, 0.15) is 74.6 Å². The lowest BCUT2D eigenvalue weighted by molar-refractivity contribution is 0.191. The van der Waals surface area contributed by atoms with Gasteiger partial charge in [0.1, 0.15) is 5.85 Å². The first kappa shape index (κ1) is 22.5. The van der Waals surface area contributed by atoms with Gasteiger partial charge in [0.15, 0.2) is 0 Å². The predicted octanol–water partition coefficient (Wildman–Crippen LogP) is 6.78. The lowest BCUT2D eigenvalue weighted by Crippen LogP contribution is -2.17. The van der Waals surface area contributed by atoms with E-state index in [0.29, 0.717) is 0 Å². The second-order valence-electron chi connectivity index (χ2n) is 8.90. The normalized spacial score (nSPS) is 22.3. The smallest absolute Gasteiger partial charge is 0.116 e. The molecule has 2 atom stereocenters. The molecule has 2 fully saturated rings. The molecule has 2 unspecified atom stereocenters. The molecule has 31 heavy (non-hydrogen) atoms. The monoisotopic (exact) mass is 436 g/mol. The molecular weight excluding hydrogens is 399 g/mol. The number of hydrogen-bond donors (Lipinski definition) is 0. The zero-order chi connectivity index (χ0) is 21.8. The van der Waals surface area contributed by atoms with E-state index in [2.05, 4.69) is 44.0 Å². The third kappa shape index (κ3) is 4.89. The highest BCUT2D eigenvalue weighted by molar-refractivity contribution is 7.46. The number of ether oxygens (including phenoxy) is 1. The zero-order valence-electron chi connectivity index (χ0n) is 19.3. The van der Waals surface area contributed by atoms with E-state index in [4.69, 9.17) is 9.73 Å². The number of likely N-dealkylation sites (tertiary alicyclic amines) is 1. The molecular formula is C27H37N2OP. The number of nitrogens with zero attached hydrogens (tertiary/aromatic N) is 2. The summed E-state index contributed by atoms with van der Waals surface area (Å²) in [6.07, 6.45) is 11.8. The quantitative estimate of drug-likeness (QED) is 0.459. The summed E-state index contributed by atoms with van der Waals surface area (Å²) in [5.41, 5.74) is 9.22. The maximum atomic E-state index is 5.90. The van der Waals surface area contributed by atoms with Crippen LogP contribution in [0.5, 0.6) is 0 Å². The van der Waals surface area contributed by atoms with Crippen LogP contribution in [0.25, 0.3) is 11.8 Å². The molecule has 1 aromatic rings. The fraction of sp³-hybridized carbons (Fsp3) is 0.519. The van der Waals surface area contributed by atoms with E-state index in [1.807, 2.05) is 6.08 Å². The molecule has 1 aromatic carbocycles. The van der Waals surface area contributed by atoms with Crippen molar-refractivity contribution in [3.8, 4) is 0 Å². The van der Waals surface area contributed by atoms with Gasteiger partial charge in [-0.2, -0.15) is 0 Å². The van der Waals surface area contributed by atoms with Crippen LogP contribution in [0.4, 0.5) is 0 Å². The summed E-state index contributed by atoms with van der Waals surface area (Å²) in [6, 6.07) is 4.69. The first-order valence-electron chi connectivity index (χ1n) is 12.0. The van der Waals surface area contributed by atoms with Gasteiger partial charge in [-0.1, -0.05) is 54.1 Å². The van der Waals surface area contributed by atoms with Gasteiger partial charge >= 0.3 is 0 Å². The van der Waals surface area contributed by atoms with Crippen molar-refractivity contribution in [1.29, 1.82) is 0 Å². The molecule has 0 saturated carbocycles. The van der Waals surface area contributed by atoms with Crippen LogP contribution in [0, 0.1) is 0 Å². The highest BCUT2D eigenvalue weighted by Crippen LogP contribution is 2.48. The molecule has 0 radical (unpaired) electrons. The number of allylic oxidation sites excluding steroid dienone is 1. The number of hydrogen-bond acceptors (Lipinski definition) is 3.